The molecule has 2 heteroatoms. The quantitative estimate of drug-likeness (QED) is 0.726. The second-order valence-corrected chi connectivity index (χ2v) is 7.13. The fourth-order valence-corrected chi connectivity index (χ4v) is 2.67. The third-order valence-corrected chi connectivity index (χ3v) is 4.91. The molecule has 1 amide bonds. The van der Waals surface area contributed by atoms with Crippen molar-refractivity contribution in [2.45, 2.75) is 60.8 Å². The molecule has 1 saturated heterocycles. The van der Waals surface area contributed by atoms with Gasteiger partial charge in [0.2, 0.25) is 5.91 Å². The Morgan fingerprint density at radius 1 is 1.39 bits per heavy atom. The van der Waals surface area contributed by atoms with Gasteiger partial charge in [0.1, 0.15) is 0 Å². The van der Waals surface area contributed by atoms with Gasteiger partial charge in [0.25, 0.3) is 0 Å². The molecule has 18 heavy (non-hydrogen) atoms. The molecule has 2 nitrogen and oxygen atoms in total. The smallest absolute Gasteiger partial charge is 0.225 e. The highest BCUT2D eigenvalue weighted by Gasteiger charge is 2.33. The first kappa shape index (κ1) is 15.5. The molecule has 2 atom stereocenters. The van der Waals surface area contributed by atoms with E-state index in [1.165, 1.54) is 6.42 Å². The summed E-state index contributed by atoms with van der Waals surface area (Å²) in [5.74, 6) is 1.92. The standard InChI is InChI=1S/C16H31NO/c1-7-14(10-16(5,6)12(2)3)15(18)17-9-8-13(4)11-17/h12-14H,7-11H2,1-6H3. The molecule has 0 N–H and O–H groups in total. The van der Waals surface area contributed by atoms with Gasteiger partial charge in [0.05, 0.1) is 0 Å². The zero-order valence-electron chi connectivity index (χ0n) is 13.1. The summed E-state index contributed by atoms with van der Waals surface area (Å²) < 4.78 is 0. The Morgan fingerprint density at radius 2 is 2.00 bits per heavy atom. The summed E-state index contributed by atoms with van der Waals surface area (Å²) in [5, 5.41) is 0. The number of hydrogen-bond donors (Lipinski definition) is 0. The minimum absolute atomic E-state index is 0.215. The van der Waals surface area contributed by atoms with Crippen molar-refractivity contribution in [2.75, 3.05) is 13.1 Å². The second kappa shape index (κ2) is 6.08. The minimum atomic E-state index is 0.215. The fraction of sp³-hybridized carbons (Fsp3) is 0.938. The van der Waals surface area contributed by atoms with Crippen molar-refractivity contribution < 1.29 is 4.79 Å². The zero-order valence-corrected chi connectivity index (χ0v) is 13.1. The molecular formula is C16H31NO. The van der Waals surface area contributed by atoms with E-state index >= 15 is 0 Å². The van der Waals surface area contributed by atoms with Crippen molar-refractivity contribution in [1.82, 2.24) is 4.90 Å². The molecule has 1 heterocycles. The molecular weight excluding hydrogens is 222 g/mol. The lowest BCUT2D eigenvalue weighted by molar-refractivity contribution is -0.136. The van der Waals surface area contributed by atoms with Crippen molar-refractivity contribution in [3.8, 4) is 0 Å². The summed E-state index contributed by atoms with van der Waals surface area (Å²) in [4.78, 5) is 14.6. The molecule has 0 aromatic carbocycles. The number of carbonyl (C=O) groups is 1. The molecule has 0 radical (unpaired) electrons. The predicted molar refractivity (Wildman–Crippen MR) is 77.4 cm³/mol. The maximum atomic E-state index is 12.5. The number of nitrogens with zero attached hydrogens (tertiary/aromatic N) is 1. The topological polar surface area (TPSA) is 20.3 Å². The van der Waals surface area contributed by atoms with Crippen LogP contribution in [0.4, 0.5) is 0 Å². The van der Waals surface area contributed by atoms with E-state index in [1.54, 1.807) is 0 Å². The van der Waals surface area contributed by atoms with Crippen molar-refractivity contribution >= 4 is 5.91 Å². The van der Waals surface area contributed by atoms with Crippen molar-refractivity contribution in [3.05, 3.63) is 0 Å². The van der Waals surface area contributed by atoms with E-state index in [2.05, 4.69) is 46.4 Å². The van der Waals surface area contributed by atoms with Gasteiger partial charge in [-0.2, -0.15) is 0 Å². The molecule has 2 unspecified atom stereocenters. The van der Waals surface area contributed by atoms with Crippen LogP contribution in [0.1, 0.15) is 60.8 Å². The van der Waals surface area contributed by atoms with Gasteiger partial charge in [-0.25, -0.2) is 0 Å². The van der Waals surface area contributed by atoms with Crippen LogP contribution in [0.15, 0.2) is 0 Å². The highest BCUT2D eigenvalue weighted by atomic mass is 16.2. The Balaban J connectivity index is 2.63. The molecule has 0 aromatic rings. The van der Waals surface area contributed by atoms with Crippen LogP contribution < -0.4 is 0 Å². The van der Waals surface area contributed by atoms with Gasteiger partial charge in [-0.3, -0.25) is 4.79 Å². The largest absolute Gasteiger partial charge is 0.342 e. The van der Waals surface area contributed by atoms with Crippen LogP contribution in [-0.2, 0) is 4.79 Å². The van der Waals surface area contributed by atoms with Gasteiger partial charge in [-0.05, 0) is 36.5 Å². The van der Waals surface area contributed by atoms with E-state index in [-0.39, 0.29) is 11.3 Å². The minimum Gasteiger partial charge on any atom is -0.342 e. The van der Waals surface area contributed by atoms with E-state index in [9.17, 15) is 4.79 Å². The predicted octanol–water partition coefficient (Wildman–Crippen LogP) is 3.95. The molecule has 0 spiro atoms. The molecule has 1 rings (SSSR count). The number of hydrogen-bond acceptors (Lipinski definition) is 1. The van der Waals surface area contributed by atoms with Crippen LogP contribution in [0.3, 0.4) is 0 Å². The van der Waals surface area contributed by atoms with Gasteiger partial charge in [-0.1, -0.05) is 41.5 Å². The van der Waals surface area contributed by atoms with E-state index < -0.39 is 0 Å². The Bertz CT molecular complexity index is 283. The van der Waals surface area contributed by atoms with E-state index in [0.29, 0.717) is 17.7 Å². The van der Waals surface area contributed by atoms with Gasteiger partial charge in [0, 0.05) is 19.0 Å². The number of amides is 1. The SMILES string of the molecule is CCC(CC(C)(C)C(C)C)C(=O)N1CCC(C)C1. The van der Waals surface area contributed by atoms with Crippen LogP contribution in [0.25, 0.3) is 0 Å². The monoisotopic (exact) mass is 253 g/mol. The van der Waals surface area contributed by atoms with Crippen LogP contribution in [0, 0.1) is 23.2 Å². The third-order valence-electron chi connectivity index (χ3n) is 4.91. The molecule has 1 aliphatic heterocycles. The lowest BCUT2D eigenvalue weighted by atomic mass is 9.73. The first-order valence-corrected chi connectivity index (χ1v) is 7.56. The fourth-order valence-electron chi connectivity index (χ4n) is 2.67. The van der Waals surface area contributed by atoms with Crippen LogP contribution in [-0.4, -0.2) is 23.9 Å². The van der Waals surface area contributed by atoms with Crippen LogP contribution >= 0.6 is 0 Å². The first-order valence-electron chi connectivity index (χ1n) is 7.56. The number of likely N-dealkylation sites (tertiary alicyclic amines) is 1. The van der Waals surface area contributed by atoms with E-state index in [1.807, 2.05) is 0 Å². The first-order chi connectivity index (χ1) is 8.27. The summed E-state index contributed by atoms with van der Waals surface area (Å²) in [6.07, 6.45) is 3.17. The van der Waals surface area contributed by atoms with Gasteiger partial charge < -0.3 is 4.90 Å². The molecule has 106 valence electrons. The molecule has 0 bridgehead atoms. The van der Waals surface area contributed by atoms with Crippen molar-refractivity contribution in [3.63, 3.8) is 0 Å². The Hall–Kier alpha value is -0.530. The van der Waals surface area contributed by atoms with Crippen molar-refractivity contribution in [2.24, 2.45) is 23.2 Å². The summed E-state index contributed by atoms with van der Waals surface area (Å²) in [6.45, 7) is 15.4. The third kappa shape index (κ3) is 3.73. The lowest BCUT2D eigenvalue weighted by Crippen LogP contribution is -2.37. The summed E-state index contributed by atoms with van der Waals surface area (Å²) in [5.41, 5.74) is 0.252. The average molecular weight is 253 g/mol. The van der Waals surface area contributed by atoms with E-state index in [0.717, 1.165) is 25.9 Å². The zero-order chi connectivity index (χ0) is 13.9. The Kier molecular flexibility index (Phi) is 5.24. The second-order valence-electron chi connectivity index (χ2n) is 7.13. The van der Waals surface area contributed by atoms with E-state index in [4.69, 9.17) is 0 Å². The maximum absolute atomic E-state index is 12.5. The van der Waals surface area contributed by atoms with Gasteiger partial charge in [0.15, 0.2) is 0 Å². The Morgan fingerprint density at radius 3 is 2.39 bits per heavy atom. The normalized spacial score (nSPS) is 22.6. The molecule has 0 aromatic heterocycles. The van der Waals surface area contributed by atoms with Crippen LogP contribution in [0.5, 0.6) is 0 Å². The average Bonchev–Trinajstić information content (AvgIpc) is 2.71. The molecule has 1 aliphatic rings. The molecule has 0 aliphatic carbocycles. The number of carbonyl (C=O) groups excluding carboxylic acids is 1. The molecule has 1 fully saturated rings. The highest BCUT2D eigenvalue weighted by molar-refractivity contribution is 5.79. The summed E-state index contributed by atoms with van der Waals surface area (Å²) >= 11 is 0. The Labute approximate surface area is 113 Å². The number of rotatable bonds is 5. The van der Waals surface area contributed by atoms with Gasteiger partial charge in [-0.15, -0.1) is 0 Å². The van der Waals surface area contributed by atoms with Gasteiger partial charge >= 0.3 is 0 Å². The summed E-state index contributed by atoms with van der Waals surface area (Å²) in [6, 6.07) is 0. The molecule has 0 saturated carbocycles. The van der Waals surface area contributed by atoms with Crippen molar-refractivity contribution in [1.29, 1.82) is 0 Å². The lowest BCUT2D eigenvalue weighted by Gasteiger charge is -2.34. The summed E-state index contributed by atoms with van der Waals surface area (Å²) in [7, 11) is 0. The maximum Gasteiger partial charge on any atom is 0.225 e. The highest BCUT2D eigenvalue weighted by Crippen LogP contribution is 2.35. The van der Waals surface area contributed by atoms with Crippen LogP contribution in [0.2, 0.25) is 0 Å².